The van der Waals surface area contributed by atoms with Gasteiger partial charge in [0.1, 0.15) is 39.7 Å². The molecule has 9 heteroatoms. The van der Waals surface area contributed by atoms with E-state index in [0.717, 1.165) is 30.8 Å². The summed E-state index contributed by atoms with van der Waals surface area (Å²) in [7, 11) is 0. The number of esters is 1. The molecule has 4 aromatic carbocycles. The number of fused-ring (bicyclic) bond motifs is 4. The molecule has 1 unspecified atom stereocenters. The summed E-state index contributed by atoms with van der Waals surface area (Å²) < 4.78 is 23.2. The SMILES string of the molecule is O=C1CC(c2ccc(OCCc3ccc4c(c3)CCO4)cc2)c2c(cc(O)c3c(=O)cc(-c4ccc(O)c(O)c4)oc23)O1. The molecular weight excluding hydrogens is 552 g/mol. The third-order valence-corrected chi connectivity index (χ3v) is 7.88. The molecule has 0 saturated heterocycles. The molecule has 3 N–H and O–H groups in total. The average Bonchev–Trinajstić information content (AvgIpc) is 3.46. The van der Waals surface area contributed by atoms with Gasteiger partial charge in [0.15, 0.2) is 16.9 Å². The Bertz CT molecular complexity index is 1960. The maximum Gasteiger partial charge on any atom is 0.312 e. The Kier molecular flexibility index (Phi) is 6.42. The Morgan fingerprint density at radius 2 is 1.67 bits per heavy atom. The number of rotatable bonds is 6. The summed E-state index contributed by atoms with van der Waals surface area (Å²) in [5, 5.41) is 30.3. The van der Waals surface area contributed by atoms with Crippen molar-refractivity contribution in [1.82, 2.24) is 0 Å². The summed E-state index contributed by atoms with van der Waals surface area (Å²) in [6.45, 7) is 1.21. The first-order valence-electron chi connectivity index (χ1n) is 13.9. The molecule has 0 radical (unpaired) electrons. The zero-order chi connectivity index (χ0) is 29.7. The van der Waals surface area contributed by atoms with Crippen LogP contribution in [0.1, 0.15) is 34.6 Å². The quantitative estimate of drug-likeness (QED) is 0.134. The molecule has 7 rings (SSSR count). The Morgan fingerprint density at radius 3 is 2.49 bits per heavy atom. The molecule has 1 atom stereocenters. The van der Waals surface area contributed by atoms with E-state index in [2.05, 4.69) is 6.07 Å². The standard InChI is InChI=1S/C34H26O9/c35-24-7-4-20(14-25(24)36)29-16-26(37)33-27(38)17-30-32(34(33)43-29)23(15-31(39)42-30)19-2-5-22(6-3-19)40-11-9-18-1-8-28-21(13-18)10-12-41-28/h1-8,13-14,16-17,23,35-36,38H,9-12,15H2. The summed E-state index contributed by atoms with van der Waals surface area (Å²) in [5.74, 6) is -0.275. The van der Waals surface area contributed by atoms with Crippen LogP contribution in [0, 0.1) is 0 Å². The molecule has 5 aromatic rings. The van der Waals surface area contributed by atoms with Crippen LogP contribution in [0.25, 0.3) is 22.3 Å². The molecule has 0 saturated carbocycles. The van der Waals surface area contributed by atoms with Crippen LogP contribution in [-0.2, 0) is 17.6 Å². The van der Waals surface area contributed by atoms with E-state index in [1.807, 2.05) is 36.4 Å². The van der Waals surface area contributed by atoms with E-state index in [0.29, 0.717) is 23.5 Å². The van der Waals surface area contributed by atoms with Gasteiger partial charge in [-0.1, -0.05) is 24.3 Å². The first kappa shape index (κ1) is 26.5. The summed E-state index contributed by atoms with van der Waals surface area (Å²) in [6.07, 6.45) is 1.65. The third-order valence-electron chi connectivity index (χ3n) is 7.88. The fourth-order valence-corrected chi connectivity index (χ4v) is 5.74. The predicted molar refractivity (Wildman–Crippen MR) is 156 cm³/mol. The minimum atomic E-state index is -0.534. The van der Waals surface area contributed by atoms with Crippen molar-refractivity contribution >= 4 is 16.9 Å². The van der Waals surface area contributed by atoms with Gasteiger partial charge in [-0.2, -0.15) is 0 Å². The molecule has 3 heterocycles. The van der Waals surface area contributed by atoms with Crippen molar-refractivity contribution in [2.75, 3.05) is 13.2 Å². The van der Waals surface area contributed by atoms with Crippen LogP contribution in [-0.4, -0.2) is 34.5 Å². The Morgan fingerprint density at radius 1 is 0.837 bits per heavy atom. The van der Waals surface area contributed by atoms with E-state index >= 15 is 0 Å². The highest BCUT2D eigenvalue weighted by Gasteiger charge is 2.33. The monoisotopic (exact) mass is 578 g/mol. The van der Waals surface area contributed by atoms with Gasteiger partial charge in [-0.15, -0.1) is 0 Å². The number of carbonyl (C=O) groups excluding carboxylic acids is 1. The topological polar surface area (TPSA) is 136 Å². The Hall–Kier alpha value is -5.44. The van der Waals surface area contributed by atoms with Crippen molar-refractivity contribution in [2.24, 2.45) is 0 Å². The van der Waals surface area contributed by atoms with Gasteiger partial charge < -0.3 is 33.9 Å². The summed E-state index contributed by atoms with van der Waals surface area (Å²) in [5.41, 5.74) is 3.51. The van der Waals surface area contributed by atoms with Crippen LogP contribution < -0.4 is 19.6 Å². The minimum absolute atomic E-state index is 0.0109. The number of carbonyl (C=O) groups is 1. The first-order valence-corrected chi connectivity index (χ1v) is 13.9. The van der Waals surface area contributed by atoms with E-state index < -0.39 is 17.3 Å². The summed E-state index contributed by atoms with van der Waals surface area (Å²) in [4.78, 5) is 25.8. The molecule has 43 heavy (non-hydrogen) atoms. The molecule has 0 spiro atoms. The number of phenols is 3. The number of ether oxygens (including phenoxy) is 3. The molecule has 216 valence electrons. The number of phenolic OH excluding ortho intramolecular Hbond substituents is 3. The Labute approximate surface area is 245 Å². The molecule has 0 fully saturated rings. The van der Waals surface area contributed by atoms with E-state index in [1.54, 1.807) is 0 Å². The molecule has 0 bridgehead atoms. The third kappa shape index (κ3) is 4.88. The molecule has 9 nitrogen and oxygen atoms in total. The van der Waals surface area contributed by atoms with Gasteiger partial charge in [-0.05, 0) is 53.1 Å². The molecule has 2 aliphatic rings. The van der Waals surface area contributed by atoms with Crippen molar-refractivity contribution in [2.45, 2.75) is 25.2 Å². The number of hydrogen-bond donors (Lipinski definition) is 3. The second-order valence-electron chi connectivity index (χ2n) is 10.6. The summed E-state index contributed by atoms with van der Waals surface area (Å²) in [6, 6.07) is 20.1. The molecule has 0 amide bonds. The highest BCUT2D eigenvalue weighted by atomic mass is 16.5. The number of hydrogen-bond acceptors (Lipinski definition) is 9. The maximum absolute atomic E-state index is 13.2. The Balaban J connectivity index is 1.20. The smallest absolute Gasteiger partial charge is 0.312 e. The van der Waals surface area contributed by atoms with Gasteiger partial charge in [-0.25, -0.2) is 0 Å². The van der Waals surface area contributed by atoms with E-state index in [9.17, 15) is 24.9 Å². The lowest BCUT2D eigenvalue weighted by Crippen LogP contribution is -2.22. The van der Waals surface area contributed by atoms with Gasteiger partial charge in [0.25, 0.3) is 0 Å². The van der Waals surface area contributed by atoms with Crippen LogP contribution >= 0.6 is 0 Å². The molecule has 0 aliphatic carbocycles. The highest BCUT2D eigenvalue weighted by molar-refractivity contribution is 5.93. The zero-order valence-electron chi connectivity index (χ0n) is 22.8. The van der Waals surface area contributed by atoms with Gasteiger partial charge in [0.2, 0.25) is 0 Å². The van der Waals surface area contributed by atoms with Gasteiger partial charge in [0, 0.05) is 42.0 Å². The molecular formula is C34H26O9. The van der Waals surface area contributed by atoms with Crippen molar-refractivity contribution in [3.8, 4) is 45.8 Å². The van der Waals surface area contributed by atoms with Crippen molar-refractivity contribution < 1.29 is 38.7 Å². The highest BCUT2D eigenvalue weighted by Crippen LogP contribution is 2.46. The van der Waals surface area contributed by atoms with Crippen LogP contribution in [0.2, 0.25) is 0 Å². The lowest BCUT2D eigenvalue weighted by molar-refractivity contribution is -0.135. The molecule has 1 aromatic heterocycles. The number of benzene rings is 4. The lowest BCUT2D eigenvalue weighted by atomic mass is 9.85. The second-order valence-corrected chi connectivity index (χ2v) is 10.6. The predicted octanol–water partition coefficient (Wildman–Crippen LogP) is 5.57. The van der Waals surface area contributed by atoms with Crippen molar-refractivity contribution in [3.63, 3.8) is 0 Å². The van der Waals surface area contributed by atoms with E-state index in [-0.39, 0.29) is 46.1 Å². The van der Waals surface area contributed by atoms with Gasteiger partial charge in [-0.3, -0.25) is 9.59 Å². The van der Waals surface area contributed by atoms with Gasteiger partial charge >= 0.3 is 5.97 Å². The van der Waals surface area contributed by atoms with Crippen LogP contribution in [0.15, 0.2) is 82.0 Å². The second kappa shape index (κ2) is 10.4. The maximum atomic E-state index is 13.2. The average molecular weight is 579 g/mol. The number of aromatic hydroxyl groups is 3. The largest absolute Gasteiger partial charge is 0.507 e. The fraction of sp³-hybridized carbons (Fsp3) is 0.176. The summed E-state index contributed by atoms with van der Waals surface area (Å²) >= 11 is 0. The van der Waals surface area contributed by atoms with E-state index in [4.69, 9.17) is 18.6 Å². The van der Waals surface area contributed by atoms with Crippen LogP contribution in [0.4, 0.5) is 0 Å². The van der Waals surface area contributed by atoms with Crippen molar-refractivity contribution in [1.29, 1.82) is 0 Å². The molecule has 2 aliphatic heterocycles. The lowest BCUT2D eigenvalue weighted by Gasteiger charge is -2.26. The normalized spacial score (nSPS) is 15.4. The van der Waals surface area contributed by atoms with Crippen molar-refractivity contribution in [3.05, 3.63) is 105 Å². The van der Waals surface area contributed by atoms with Crippen LogP contribution in [0.5, 0.6) is 34.5 Å². The zero-order valence-corrected chi connectivity index (χ0v) is 22.8. The van der Waals surface area contributed by atoms with Crippen LogP contribution in [0.3, 0.4) is 0 Å². The van der Waals surface area contributed by atoms with E-state index in [1.165, 1.54) is 41.5 Å². The minimum Gasteiger partial charge on any atom is -0.507 e. The fourth-order valence-electron chi connectivity index (χ4n) is 5.74. The first-order chi connectivity index (χ1) is 20.8. The van der Waals surface area contributed by atoms with Gasteiger partial charge in [0.05, 0.1) is 19.6 Å².